The van der Waals surface area contributed by atoms with E-state index in [9.17, 15) is 9.59 Å². The van der Waals surface area contributed by atoms with Crippen LogP contribution in [0.25, 0.3) is 22.0 Å². The summed E-state index contributed by atoms with van der Waals surface area (Å²) in [6, 6.07) is 3.73. The van der Waals surface area contributed by atoms with E-state index in [1.54, 1.807) is 18.6 Å². The second kappa shape index (κ2) is 7.42. The number of hydrogen-bond donors (Lipinski definition) is 1. The average molecular weight is 375 g/mol. The highest BCUT2D eigenvalue weighted by molar-refractivity contribution is 5.95. The first-order chi connectivity index (χ1) is 13.5. The zero-order chi connectivity index (χ0) is 19.7. The summed E-state index contributed by atoms with van der Waals surface area (Å²) < 4.78 is 0. The number of aryl methyl sites for hydroxylation is 1. The Labute approximate surface area is 162 Å². The number of pyridine rings is 2. The molecule has 0 spiro atoms. The number of ketones is 1. The number of rotatable bonds is 6. The van der Waals surface area contributed by atoms with Crippen LogP contribution >= 0.6 is 0 Å². The minimum absolute atomic E-state index is 0.0295. The van der Waals surface area contributed by atoms with Gasteiger partial charge in [0.2, 0.25) is 5.91 Å². The molecule has 0 aliphatic heterocycles. The SMILES string of the molecule is CCCC(=O)c1ncc(-c2cc3cnc(NC(=O)C4CC4)cc3cn2)c(C)n1. The van der Waals surface area contributed by atoms with Gasteiger partial charge in [-0.3, -0.25) is 14.6 Å². The van der Waals surface area contributed by atoms with Crippen molar-refractivity contribution in [2.75, 3.05) is 5.32 Å². The predicted octanol–water partition coefficient (Wildman–Crippen LogP) is 3.73. The van der Waals surface area contributed by atoms with Gasteiger partial charge in [-0.25, -0.2) is 15.0 Å². The van der Waals surface area contributed by atoms with Crippen LogP contribution in [0.2, 0.25) is 0 Å². The van der Waals surface area contributed by atoms with Crippen LogP contribution in [0.4, 0.5) is 5.82 Å². The molecule has 1 aliphatic carbocycles. The van der Waals surface area contributed by atoms with Crippen LogP contribution in [0.5, 0.6) is 0 Å². The summed E-state index contributed by atoms with van der Waals surface area (Å²) >= 11 is 0. The Morgan fingerprint density at radius 2 is 1.82 bits per heavy atom. The average Bonchev–Trinajstić information content (AvgIpc) is 3.53. The van der Waals surface area contributed by atoms with Crippen molar-refractivity contribution in [1.82, 2.24) is 19.9 Å². The van der Waals surface area contributed by atoms with Crippen molar-refractivity contribution in [2.24, 2.45) is 5.92 Å². The highest BCUT2D eigenvalue weighted by Crippen LogP contribution is 2.30. The first kappa shape index (κ1) is 18.2. The molecule has 1 saturated carbocycles. The Balaban J connectivity index is 1.60. The maximum Gasteiger partial charge on any atom is 0.228 e. The third-order valence-corrected chi connectivity index (χ3v) is 4.78. The first-order valence-electron chi connectivity index (χ1n) is 9.49. The number of aromatic nitrogens is 4. The predicted molar refractivity (Wildman–Crippen MR) is 106 cm³/mol. The molecular formula is C21H21N5O2. The second-order valence-corrected chi connectivity index (χ2v) is 7.12. The highest BCUT2D eigenvalue weighted by Gasteiger charge is 2.29. The molecule has 0 radical (unpaired) electrons. The van der Waals surface area contributed by atoms with Crippen molar-refractivity contribution in [2.45, 2.75) is 39.5 Å². The molecule has 1 fully saturated rings. The Hall–Kier alpha value is -3.22. The fourth-order valence-corrected chi connectivity index (χ4v) is 3.02. The molecule has 28 heavy (non-hydrogen) atoms. The van der Waals surface area contributed by atoms with Gasteiger partial charge in [-0.1, -0.05) is 6.92 Å². The van der Waals surface area contributed by atoms with Gasteiger partial charge in [-0.2, -0.15) is 0 Å². The minimum Gasteiger partial charge on any atom is -0.310 e. The van der Waals surface area contributed by atoms with Gasteiger partial charge in [0, 0.05) is 47.3 Å². The molecule has 1 aliphatic rings. The molecule has 7 heteroatoms. The lowest BCUT2D eigenvalue weighted by Gasteiger charge is -2.08. The van der Waals surface area contributed by atoms with Crippen molar-refractivity contribution >= 4 is 28.3 Å². The molecule has 1 N–H and O–H groups in total. The Morgan fingerprint density at radius 1 is 1.07 bits per heavy atom. The van der Waals surface area contributed by atoms with Crippen molar-refractivity contribution < 1.29 is 9.59 Å². The first-order valence-corrected chi connectivity index (χ1v) is 9.49. The summed E-state index contributed by atoms with van der Waals surface area (Å²) in [6.45, 7) is 3.80. The molecule has 3 aromatic rings. The smallest absolute Gasteiger partial charge is 0.228 e. The molecule has 0 aromatic carbocycles. The second-order valence-electron chi connectivity index (χ2n) is 7.12. The summed E-state index contributed by atoms with van der Waals surface area (Å²) in [5.41, 5.74) is 2.21. The third-order valence-electron chi connectivity index (χ3n) is 4.78. The molecule has 7 nitrogen and oxygen atoms in total. The highest BCUT2D eigenvalue weighted by atomic mass is 16.2. The van der Waals surface area contributed by atoms with Gasteiger partial charge in [-0.15, -0.1) is 0 Å². The van der Waals surface area contributed by atoms with E-state index in [-0.39, 0.29) is 23.4 Å². The van der Waals surface area contributed by atoms with Crippen LogP contribution in [-0.4, -0.2) is 31.6 Å². The van der Waals surface area contributed by atoms with Gasteiger partial charge in [0.25, 0.3) is 0 Å². The van der Waals surface area contributed by atoms with Gasteiger partial charge >= 0.3 is 0 Å². The van der Waals surface area contributed by atoms with E-state index in [0.29, 0.717) is 17.9 Å². The van der Waals surface area contributed by atoms with Crippen molar-refractivity contribution in [1.29, 1.82) is 0 Å². The maximum absolute atomic E-state index is 12.0. The van der Waals surface area contributed by atoms with Gasteiger partial charge in [0.05, 0.1) is 11.4 Å². The van der Waals surface area contributed by atoms with E-state index in [4.69, 9.17) is 0 Å². The zero-order valence-corrected chi connectivity index (χ0v) is 15.9. The van der Waals surface area contributed by atoms with E-state index >= 15 is 0 Å². The van der Waals surface area contributed by atoms with Crippen molar-refractivity contribution in [3.05, 3.63) is 42.2 Å². The molecule has 3 aromatic heterocycles. The number of nitrogens with one attached hydrogen (secondary N) is 1. The van der Waals surface area contributed by atoms with Gasteiger partial charge in [0.1, 0.15) is 5.82 Å². The van der Waals surface area contributed by atoms with E-state index < -0.39 is 0 Å². The number of carbonyl (C=O) groups is 2. The number of hydrogen-bond acceptors (Lipinski definition) is 6. The summed E-state index contributed by atoms with van der Waals surface area (Å²) in [6.07, 6.45) is 8.23. The van der Waals surface area contributed by atoms with Gasteiger partial charge in [-0.05, 0) is 38.3 Å². The molecule has 0 atom stereocenters. The Bertz CT molecular complexity index is 1080. The fourth-order valence-electron chi connectivity index (χ4n) is 3.02. The van der Waals surface area contributed by atoms with E-state index in [1.165, 1.54) is 0 Å². The van der Waals surface area contributed by atoms with Crippen LogP contribution in [0.1, 0.15) is 48.9 Å². The van der Waals surface area contributed by atoms with E-state index in [2.05, 4.69) is 25.3 Å². The molecule has 0 saturated heterocycles. The monoisotopic (exact) mass is 375 g/mol. The topological polar surface area (TPSA) is 97.7 Å². The normalized spacial score (nSPS) is 13.5. The molecule has 0 unspecified atom stereocenters. The summed E-state index contributed by atoms with van der Waals surface area (Å²) in [5, 5.41) is 4.64. The molecule has 1 amide bonds. The Kier molecular flexibility index (Phi) is 4.81. The lowest BCUT2D eigenvalue weighted by molar-refractivity contribution is -0.117. The lowest BCUT2D eigenvalue weighted by Crippen LogP contribution is -2.14. The van der Waals surface area contributed by atoms with Gasteiger partial charge < -0.3 is 5.32 Å². The minimum atomic E-state index is -0.0476. The number of amides is 1. The van der Waals surface area contributed by atoms with Gasteiger partial charge in [0.15, 0.2) is 11.6 Å². The van der Waals surface area contributed by atoms with Crippen LogP contribution in [0.3, 0.4) is 0 Å². The molecule has 4 rings (SSSR count). The molecule has 3 heterocycles. The quantitative estimate of drug-likeness (QED) is 0.659. The van der Waals surface area contributed by atoms with E-state index in [0.717, 1.165) is 41.3 Å². The van der Waals surface area contributed by atoms with Crippen LogP contribution < -0.4 is 5.32 Å². The van der Waals surface area contributed by atoms with Crippen LogP contribution in [0.15, 0.2) is 30.7 Å². The maximum atomic E-state index is 12.0. The van der Waals surface area contributed by atoms with Crippen molar-refractivity contribution in [3.63, 3.8) is 0 Å². The summed E-state index contributed by atoms with van der Waals surface area (Å²) in [7, 11) is 0. The van der Waals surface area contributed by atoms with Crippen molar-refractivity contribution in [3.8, 4) is 11.3 Å². The van der Waals surface area contributed by atoms with Crippen LogP contribution in [-0.2, 0) is 4.79 Å². The van der Waals surface area contributed by atoms with Crippen LogP contribution in [0, 0.1) is 12.8 Å². The Morgan fingerprint density at radius 3 is 2.54 bits per heavy atom. The number of carbonyl (C=O) groups excluding carboxylic acids is 2. The number of nitrogens with zero attached hydrogens (tertiary/aromatic N) is 4. The molecule has 142 valence electrons. The summed E-state index contributed by atoms with van der Waals surface area (Å²) in [5.74, 6) is 0.905. The lowest BCUT2D eigenvalue weighted by atomic mass is 10.1. The molecular weight excluding hydrogens is 354 g/mol. The number of Topliss-reactive ketones (excluding diaryl/α,β-unsaturated/α-hetero) is 1. The fraction of sp³-hybridized carbons (Fsp3) is 0.333. The zero-order valence-electron chi connectivity index (χ0n) is 15.9. The largest absolute Gasteiger partial charge is 0.310 e. The third kappa shape index (κ3) is 3.74. The summed E-state index contributed by atoms with van der Waals surface area (Å²) in [4.78, 5) is 41.3. The standard InChI is InChI=1S/C21H21N5O2/c1-3-4-18(27)20-24-11-16(12(2)25-20)17-7-14-10-23-19(8-15(14)9-22-17)26-21(28)13-5-6-13/h7-11,13H,3-6H2,1-2H3,(H,23,26,28). The molecule has 0 bridgehead atoms. The number of anilines is 1. The van der Waals surface area contributed by atoms with E-state index in [1.807, 2.05) is 26.0 Å². The number of fused-ring (bicyclic) bond motifs is 1.